The molecule has 0 radical (unpaired) electrons. The molecule has 0 saturated carbocycles. The van der Waals surface area contributed by atoms with Crippen molar-refractivity contribution < 1.29 is 28.8 Å². The van der Waals surface area contributed by atoms with Gasteiger partial charge in [-0.05, 0) is 42.8 Å². The largest absolute Gasteiger partial charge is 0.497 e. The molecular weight excluding hydrogens is 372 g/mol. The first-order valence-electron chi connectivity index (χ1n) is 8.30. The van der Waals surface area contributed by atoms with E-state index >= 15 is 0 Å². The number of ether oxygens (including phenoxy) is 4. The molecule has 2 rings (SSSR count). The molecule has 2 aromatic rings. The van der Waals surface area contributed by atoms with Gasteiger partial charge in [0.25, 0.3) is 0 Å². The summed E-state index contributed by atoms with van der Waals surface area (Å²) in [6.07, 6.45) is 2.47. The summed E-state index contributed by atoms with van der Waals surface area (Å²) in [5.74, 6) is 1.17. The lowest BCUT2D eigenvalue weighted by atomic mass is 10.2. The van der Waals surface area contributed by atoms with Gasteiger partial charge in [0.1, 0.15) is 24.7 Å². The topological polar surface area (TPSA) is 74.2 Å². The fourth-order valence-corrected chi connectivity index (χ4v) is 2.52. The molecule has 0 spiro atoms. The van der Waals surface area contributed by atoms with Crippen LogP contribution in [0.4, 0.5) is 0 Å². The zero-order valence-electron chi connectivity index (χ0n) is 15.1. The van der Waals surface area contributed by atoms with Gasteiger partial charge >= 0.3 is 5.97 Å². The number of carboxylic acid groups (broad SMARTS) is 1. The van der Waals surface area contributed by atoms with Crippen molar-refractivity contribution >= 4 is 23.6 Å². The molecule has 0 aliphatic carbocycles. The molecule has 0 saturated heterocycles. The fraction of sp³-hybridized carbons (Fsp3) is 0.250. The molecule has 0 heterocycles. The van der Waals surface area contributed by atoms with Crippen LogP contribution in [-0.2, 0) is 4.79 Å². The minimum Gasteiger partial charge on any atom is -0.497 e. The second-order valence-corrected chi connectivity index (χ2v) is 5.72. The van der Waals surface area contributed by atoms with Crippen molar-refractivity contribution in [2.24, 2.45) is 0 Å². The summed E-state index contributed by atoms with van der Waals surface area (Å²) in [5.41, 5.74) is 0.603. The summed E-state index contributed by atoms with van der Waals surface area (Å²) in [6, 6.07) is 10.6. The van der Waals surface area contributed by atoms with Crippen LogP contribution < -0.4 is 18.9 Å². The number of methoxy groups -OCH3 is 1. The Kier molecular flexibility index (Phi) is 7.82. The lowest BCUT2D eigenvalue weighted by Crippen LogP contribution is -2.10. The third-order valence-corrected chi connectivity index (χ3v) is 3.67. The summed E-state index contributed by atoms with van der Waals surface area (Å²) >= 11 is 6.28. The van der Waals surface area contributed by atoms with E-state index in [0.29, 0.717) is 46.8 Å². The number of aliphatic carboxylic acids is 1. The number of halogens is 1. The first-order valence-corrected chi connectivity index (χ1v) is 8.68. The quantitative estimate of drug-likeness (QED) is 0.480. The maximum Gasteiger partial charge on any atom is 0.328 e. The number of benzene rings is 2. The van der Waals surface area contributed by atoms with Crippen molar-refractivity contribution in [1.82, 2.24) is 0 Å². The normalized spacial score (nSPS) is 10.6. The zero-order chi connectivity index (χ0) is 19.6. The van der Waals surface area contributed by atoms with E-state index in [9.17, 15) is 4.79 Å². The number of hydrogen-bond acceptors (Lipinski definition) is 5. The average molecular weight is 393 g/mol. The van der Waals surface area contributed by atoms with Gasteiger partial charge in [0, 0.05) is 12.1 Å². The Labute approximate surface area is 162 Å². The third kappa shape index (κ3) is 6.42. The predicted octanol–water partition coefficient (Wildman–Crippen LogP) is 4.30. The minimum atomic E-state index is -1.04. The molecule has 2 aromatic carbocycles. The van der Waals surface area contributed by atoms with Crippen molar-refractivity contribution in [3.05, 3.63) is 53.1 Å². The van der Waals surface area contributed by atoms with E-state index in [4.69, 9.17) is 35.7 Å². The molecule has 7 heteroatoms. The van der Waals surface area contributed by atoms with Crippen molar-refractivity contribution in [1.29, 1.82) is 0 Å². The van der Waals surface area contributed by atoms with Gasteiger partial charge in [0.2, 0.25) is 0 Å². The summed E-state index contributed by atoms with van der Waals surface area (Å²) in [6.45, 7) is 2.81. The van der Waals surface area contributed by atoms with Crippen LogP contribution in [0.3, 0.4) is 0 Å². The first-order chi connectivity index (χ1) is 13.0. The molecule has 0 aromatic heterocycles. The lowest BCUT2D eigenvalue weighted by Gasteiger charge is -2.15. The molecule has 0 fully saturated rings. The highest BCUT2D eigenvalue weighted by Gasteiger charge is 2.12. The highest BCUT2D eigenvalue weighted by molar-refractivity contribution is 6.32. The third-order valence-electron chi connectivity index (χ3n) is 3.39. The first kappa shape index (κ1) is 20.5. The van der Waals surface area contributed by atoms with E-state index in [-0.39, 0.29) is 6.61 Å². The van der Waals surface area contributed by atoms with Gasteiger partial charge in [-0.2, -0.15) is 0 Å². The van der Waals surface area contributed by atoms with Gasteiger partial charge in [0.15, 0.2) is 11.5 Å². The fourth-order valence-electron chi connectivity index (χ4n) is 2.25. The number of rotatable bonds is 10. The van der Waals surface area contributed by atoms with Crippen molar-refractivity contribution in [2.75, 3.05) is 26.9 Å². The van der Waals surface area contributed by atoms with Crippen LogP contribution in [0.2, 0.25) is 5.02 Å². The Morgan fingerprint density at radius 2 is 1.85 bits per heavy atom. The van der Waals surface area contributed by atoms with Gasteiger partial charge in [0.05, 0.1) is 18.7 Å². The van der Waals surface area contributed by atoms with E-state index < -0.39 is 5.97 Å². The highest BCUT2D eigenvalue weighted by Crippen LogP contribution is 2.37. The Morgan fingerprint density at radius 3 is 2.56 bits per heavy atom. The molecule has 0 aliphatic rings. The molecular formula is C20H21ClO6. The molecule has 6 nitrogen and oxygen atoms in total. The second-order valence-electron chi connectivity index (χ2n) is 5.31. The molecule has 0 atom stereocenters. The van der Waals surface area contributed by atoms with Gasteiger partial charge in [-0.1, -0.05) is 17.7 Å². The van der Waals surface area contributed by atoms with E-state index in [2.05, 4.69) is 0 Å². The van der Waals surface area contributed by atoms with Crippen LogP contribution >= 0.6 is 11.6 Å². The Balaban J connectivity index is 2.02. The zero-order valence-corrected chi connectivity index (χ0v) is 15.9. The SMILES string of the molecule is CCOc1cc(C=CC(=O)O)cc(Cl)c1OCCOc1cccc(OC)c1. The van der Waals surface area contributed by atoms with E-state index in [1.165, 1.54) is 6.08 Å². The molecule has 0 amide bonds. The Bertz CT molecular complexity index is 803. The number of carboxylic acids is 1. The summed E-state index contributed by atoms with van der Waals surface area (Å²) in [7, 11) is 1.59. The maximum absolute atomic E-state index is 10.7. The molecule has 0 unspecified atom stereocenters. The highest BCUT2D eigenvalue weighted by atomic mass is 35.5. The summed E-state index contributed by atoms with van der Waals surface area (Å²) in [5, 5.41) is 9.07. The van der Waals surface area contributed by atoms with E-state index in [1.54, 1.807) is 25.3 Å². The van der Waals surface area contributed by atoms with Crippen LogP contribution in [0.5, 0.6) is 23.0 Å². The molecule has 1 N–H and O–H groups in total. The standard InChI is InChI=1S/C20H21ClO6/c1-3-25-18-12-14(7-8-19(22)23)11-17(21)20(18)27-10-9-26-16-6-4-5-15(13-16)24-2/h4-8,11-13H,3,9-10H2,1-2H3,(H,22,23). The second kappa shape index (κ2) is 10.3. The maximum atomic E-state index is 10.7. The van der Waals surface area contributed by atoms with E-state index in [1.807, 2.05) is 25.1 Å². The van der Waals surface area contributed by atoms with Crippen LogP contribution in [-0.4, -0.2) is 38.0 Å². The molecule has 27 heavy (non-hydrogen) atoms. The van der Waals surface area contributed by atoms with Crippen molar-refractivity contribution in [3.8, 4) is 23.0 Å². The average Bonchev–Trinajstić information content (AvgIpc) is 2.65. The Morgan fingerprint density at radius 1 is 1.11 bits per heavy atom. The van der Waals surface area contributed by atoms with Crippen LogP contribution in [0, 0.1) is 0 Å². The summed E-state index contributed by atoms with van der Waals surface area (Å²) < 4.78 is 22.1. The smallest absolute Gasteiger partial charge is 0.328 e. The van der Waals surface area contributed by atoms with Crippen LogP contribution in [0.25, 0.3) is 6.08 Å². The van der Waals surface area contributed by atoms with Gasteiger partial charge in [-0.15, -0.1) is 0 Å². The Hall–Kier alpha value is -2.86. The molecule has 0 aliphatic heterocycles. The van der Waals surface area contributed by atoms with Crippen LogP contribution in [0.15, 0.2) is 42.5 Å². The minimum absolute atomic E-state index is 0.251. The molecule has 0 bridgehead atoms. The van der Waals surface area contributed by atoms with Gasteiger partial charge in [-0.3, -0.25) is 0 Å². The number of hydrogen-bond donors (Lipinski definition) is 1. The van der Waals surface area contributed by atoms with Crippen LogP contribution in [0.1, 0.15) is 12.5 Å². The number of carbonyl (C=O) groups is 1. The lowest BCUT2D eigenvalue weighted by molar-refractivity contribution is -0.131. The van der Waals surface area contributed by atoms with Gasteiger partial charge in [-0.25, -0.2) is 4.79 Å². The van der Waals surface area contributed by atoms with E-state index in [0.717, 1.165) is 6.08 Å². The van der Waals surface area contributed by atoms with Gasteiger partial charge < -0.3 is 24.1 Å². The monoisotopic (exact) mass is 392 g/mol. The van der Waals surface area contributed by atoms with Crippen molar-refractivity contribution in [2.45, 2.75) is 6.92 Å². The predicted molar refractivity (Wildman–Crippen MR) is 103 cm³/mol. The van der Waals surface area contributed by atoms with Crippen molar-refractivity contribution in [3.63, 3.8) is 0 Å². The summed E-state index contributed by atoms with van der Waals surface area (Å²) in [4.78, 5) is 10.7. The molecule has 144 valence electrons.